The highest BCUT2D eigenvalue weighted by Gasteiger charge is 2.16. The van der Waals surface area contributed by atoms with Gasteiger partial charge in [0.15, 0.2) is 0 Å². The molecule has 0 bridgehead atoms. The van der Waals surface area contributed by atoms with Crippen LogP contribution in [0.5, 0.6) is 0 Å². The van der Waals surface area contributed by atoms with Gasteiger partial charge in [0, 0.05) is 18.9 Å². The highest BCUT2D eigenvalue weighted by Crippen LogP contribution is 2.26. The standard InChI is InChI=1S/C17H19Cl2NO3/c1-11(10-14(21)15-6-3-9-23-15)20-16(22)8-7-12-4-2-5-13(18)17(12)19/h2-6,9,11,14,21H,7-8,10H2,1H3,(H,20,22)/t11-,14-/m0/s1. The van der Waals surface area contributed by atoms with E-state index < -0.39 is 6.10 Å². The largest absolute Gasteiger partial charge is 0.467 e. The third kappa shape index (κ3) is 5.27. The van der Waals surface area contributed by atoms with E-state index in [0.717, 1.165) is 5.56 Å². The second-order valence-corrected chi connectivity index (χ2v) is 6.23. The number of halogens is 2. The van der Waals surface area contributed by atoms with E-state index in [2.05, 4.69) is 5.32 Å². The molecule has 2 N–H and O–H groups in total. The summed E-state index contributed by atoms with van der Waals surface area (Å²) in [5.41, 5.74) is 0.845. The molecular weight excluding hydrogens is 337 g/mol. The summed E-state index contributed by atoms with van der Waals surface area (Å²) in [5, 5.41) is 13.8. The summed E-state index contributed by atoms with van der Waals surface area (Å²) in [4.78, 5) is 12.0. The van der Waals surface area contributed by atoms with E-state index in [9.17, 15) is 9.90 Å². The van der Waals surface area contributed by atoms with Gasteiger partial charge in [-0.3, -0.25) is 4.79 Å². The molecule has 4 nitrogen and oxygen atoms in total. The van der Waals surface area contributed by atoms with Crippen LogP contribution in [0.3, 0.4) is 0 Å². The van der Waals surface area contributed by atoms with Crippen LogP contribution < -0.4 is 5.32 Å². The molecule has 1 heterocycles. The second-order valence-electron chi connectivity index (χ2n) is 5.45. The fourth-order valence-electron chi connectivity index (χ4n) is 2.33. The predicted molar refractivity (Wildman–Crippen MR) is 90.7 cm³/mol. The van der Waals surface area contributed by atoms with Crippen molar-refractivity contribution < 1.29 is 14.3 Å². The van der Waals surface area contributed by atoms with E-state index in [4.69, 9.17) is 27.6 Å². The smallest absolute Gasteiger partial charge is 0.220 e. The molecule has 0 spiro atoms. The van der Waals surface area contributed by atoms with Crippen molar-refractivity contribution >= 4 is 29.1 Å². The third-order valence-electron chi connectivity index (χ3n) is 3.51. The first-order valence-electron chi connectivity index (χ1n) is 7.41. The lowest BCUT2D eigenvalue weighted by molar-refractivity contribution is -0.121. The Morgan fingerprint density at radius 1 is 1.30 bits per heavy atom. The minimum atomic E-state index is -0.734. The van der Waals surface area contributed by atoms with Crippen LogP contribution in [0.1, 0.15) is 37.2 Å². The van der Waals surface area contributed by atoms with Gasteiger partial charge in [0.2, 0.25) is 5.91 Å². The van der Waals surface area contributed by atoms with Crippen LogP contribution in [0.4, 0.5) is 0 Å². The van der Waals surface area contributed by atoms with E-state index in [-0.39, 0.29) is 11.9 Å². The number of hydrogen-bond acceptors (Lipinski definition) is 3. The first-order chi connectivity index (χ1) is 11.0. The van der Waals surface area contributed by atoms with Gasteiger partial charge in [-0.15, -0.1) is 0 Å². The molecule has 23 heavy (non-hydrogen) atoms. The summed E-state index contributed by atoms with van der Waals surface area (Å²) in [6, 6.07) is 8.63. The number of aliphatic hydroxyl groups excluding tert-OH is 1. The van der Waals surface area contributed by atoms with Crippen molar-refractivity contribution in [2.75, 3.05) is 0 Å². The zero-order chi connectivity index (χ0) is 16.8. The zero-order valence-electron chi connectivity index (χ0n) is 12.8. The number of aryl methyl sites for hydroxylation is 1. The summed E-state index contributed by atoms with van der Waals surface area (Å²) in [6.07, 6.45) is 1.98. The van der Waals surface area contributed by atoms with Crippen molar-refractivity contribution in [1.29, 1.82) is 0 Å². The maximum atomic E-state index is 12.0. The molecule has 0 saturated carbocycles. The lowest BCUT2D eigenvalue weighted by Gasteiger charge is -2.17. The van der Waals surface area contributed by atoms with E-state index >= 15 is 0 Å². The Labute approximate surface area is 145 Å². The summed E-state index contributed by atoms with van der Waals surface area (Å²) < 4.78 is 5.14. The summed E-state index contributed by atoms with van der Waals surface area (Å²) in [6.45, 7) is 1.84. The van der Waals surface area contributed by atoms with Crippen LogP contribution in [-0.4, -0.2) is 17.1 Å². The molecule has 1 aromatic heterocycles. The Morgan fingerprint density at radius 3 is 2.78 bits per heavy atom. The van der Waals surface area contributed by atoms with Gasteiger partial charge in [0.25, 0.3) is 0 Å². The molecule has 1 amide bonds. The maximum absolute atomic E-state index is 12.0. The van der Waals surface area contributed by atoms with E-state index in [1.165, 1.54) is 6.26 Å². The van der Waals surface area contributed by atoms with E-state index in [1.807, 2.05) is 19.1 Å². The molecule has 0 unspecified atom stereocenters. The number of benzene rings is 1. The van der Waals surface area contributed by atoms with E-state index in [1.54, 1.807) is 18.2 Å². The van der Waals surface area contributed by atoms with Gasteiger partial charge in [0.1, 0.15) is 11.9 Å². The summed E-state index contributed by atoms with van der Waals surface area (Å²) in [5.74, 6) is 0.400. The van der Waals surface area contributed by atoms with Crippen LogP contribution in [0.15, 0.2) is 41.0 Å². The molecule has 0 radical (unpaired) electrons. The van der Waals surface area contributed by atoms with Gasteiger partial charge in [0.05, 0.1) is 16.3 Å². The molecule has 2 atom stereocenters. The molecule has 0 aliphatic heterocycles. The van der Waals surface area contributed by atoms with Crippen LogP contribution in [0, 0.1) is 0 Å². The van der Waals surface area contributed by atoms with Gasteiger partial charge in [-0.05, 0) is 37.1 Å². The Balaban J connectivity index is 1.79. The molecule has 0 aliphatic rings. The summed E-state index contributed by atoms with van der Waals surface area (Å²) in [7, 11) is 0. The Kier molecular flexibility index (Phi) is 6.51. The van der Waals surface area contributed by atoms with Crippen molar-refractivity contribution in [3.63, 3.8) is 0 Å². The third-order valence-corrected chi connectivity index (χ3v) is 4.37. The van der Waals surface area contributed by atoms with Crippen molar-refractivity contribution in [2.45, 2.75) is 38.3 Å². The lowest BCUT2D eigenvalue weighted by atomic mass is 10.1. The minimum Gasteiger partial charge on any atom is -0.467 e. The van der Waals surface area contributed by atoms with Crippen LogP contribution >= 0.6 is 23.2 Å². The molecular formula is C17H19Cl2NO3. The number of furan rings is 1. The number of hydrogen-bond donors (Lipinski definition) is 2. The van der Waals surface area contributed by atoms with E-state index in [0.29, 0.717) is 35.1 Å². The molecule has 2 rings (SSSR count). The van der Waals surface area contributed by atoms with Crippen LogP contribution in [0.25, 0.3) is 0 Å². The maximum Gasteiger partial charge on any atom is 0.220 e. The van der Waals surface area contributed by atoms with Gasteiger partial charge < -0.3 is 14.8 Å². The zero-order valence-corrected chi connectivity index (χ0v) is 14.3. The van der Waals surface area contributed by atoms with Gasteiger partial charge in [-0.2, -0.15) is 0 Å². The van der Waals surface area contributed by atoms with Crippen molar-refractivity contribution in [3.05, 3.63) is 58.0 Å². The number of rotatable bonds is 7. The lowest BCUT2D eigenvalue weighted by Crippen LogP contribution is -2.33. The number of carbonyl (C=O) groups excluding carboxylic acids is 1. The Bertz CT molecular complexity index is 643. The SMILES string of the molecule is C[C@@H](C[C@H](O)c1ccco1)NC(=O)CCc1cccc(Cl)c1Cl. The normalized spacial score (nSPS) is 13.6. The minimum absolute atomic E-state index is 0.0970. The first kappa shape index (κ1) is 17.9. The second kappa shape index (κ2) is 8.39. The fourth-order valence-corrected chi connectivity index (χ4v) is 2.74. The first-order valence-corrected chi connectivity index (χ1v) is 8.16. The van der Waals surface area contributed by atoms with Crippen molar-refractivity contribution in [3.8, 4) is 0 Å². The average Bonchev–Trinajstić information content (AvgIpc) is 3.03. The molecule has 0 fully saturated rings. The number of carbonyl (C=O) groups is 1. The fraction of sp³-hybridized carbons (Fsp3) is 0.353. The number of nitrogens with one attached hydrogen (secondary N) is 1. The van der Waals surface area contributed by atoms with Gasteiger partial charge in [-0.1, -0.05) is 35.3 Å². The molecule has 124 valence electrons. The van der Waals surface area contributed by atoms with Crippen molar-refractivity contribution in [2.24, 2.45) is 0 Å². The molecule has 6 heteroatoms. The molecule has 1 aromatic carbocycles. The van der Waals surface area contributed by atoms with Crippen molar-refractivity contribution in [1.82, 2.24) is 5.32 Å². The molecule has 0 aliphatic carbocycles. The van der Waals surface area contributed by atoms with Gasteiger partial charge in [-0.25, -0.2) is 0 Å². The quantitative estimate of drug-likeness (QED) is 0.784. The predicted octanol–water partition coefficient (Wildman–Crippen LogP) is 4.15. The Hall–Kier alpha value is -1.49. The number of aliphatic hydroxyl groups is 1. The highest BCUT2D eigenvalue weighted by molar-refractivity contribution is 6.42. The van der Waals surface area contributed by atoms with Gasteiger partial charge >= 0.3 is 0 Å². The van der Waals surface area contributed by atoms with Crippen LogP contribution in [0.2, 0.25) is 10.0 Å². The number of amides is 1. The molecule has 2 aromatic rings. The topological polar surface area (TPSA) is 62.5 Å². The van der Waals surface area contributed by atoms with Crippen LogP contribution in [-0.2, 0) is 11.2 Å². The molecule has 0 saturated heterocycles. The highest BCUT2D eigenvalue weighted by atomic mass is 35.5. The average molecular weight is 356 g/mol. The Morgan fingerprint density at radius 2 is 2.09 bits per heavy atom. The monoisotopic (exact) mass is 355 g/mol. The summed E-state index contributed by atoms with van der Waals surface area (Å²) >= 11 is 12.1.